The number of aromatic nitrogens is 1. The Balaban J connectivity index is 1.76. The highest BCUT2D eigenvalue weighted by molar-refractivity contribution is 6.33. The molecule has 4 heteroatoms. The van der Waals surface area contributed by atoms with Gasteiger partial charge in [-0.15, -0.1) is 0 Å². The van der Waals surface area contributed by atoms with Crippen molar-refractivity contribution in [3.63, 3.8) is 0 Å². The average molecular weight is 355 g/mol. The van der Waals surface area contributed by atoms with Crippen molar-refractivity contribution in [2.24, 2.45) is 0 Å². The summed E-state index contributed by atoms with van der Waals surface area (Å²) in [6.45, 7) is 4.81. The molecule has 1 N–H and O–H groups in total. The molecule has 1 aromatic heterocycles. The number of hydrogen-bond acceptors (Lipinski definition) is 2. The summed E-state index contributed by atoms with van der Waals surface area (Å²) in [7, 11) is 0. The Morgan fingerprint density at radius 1 is 1.12 bits per heavy atom. The lowest BCUT2D eigenvalue weighted by Gasteiger charge is -2.15. The smallest absolute Gasteiger partial charge is 0.123 e. The molecule has 1 heterocycles. The summed E-state index contributed by atoms with van der Waals surface area (Å²) < 4.78 is 13.5. The van der Waals surface area contributed by atoms with Crippen molar-refractivity contribution in [2.75, 3.05) is 0 Å². The maximum Gasteiger partial charge on any atom is 0.123 e. The Morgan fingerprint density at radius 2 is 1.92 bits per heavy atom. The molecule has 1 unspecified atom stereocenters. The van der Waals surface area contributed by atoms with Crippen molar-refractivity contribution in [3.8, 4) is 11.1 Å². The quantitative estimate of drug-likeness (QED) is 0.635. The fraction of sp³-hybridized carbons (Fsp3) is 0.190. The molecule has 25 heavy (non-hydrogen) atoms. The van der Waals surface area contributed by atoms with Crippen molar-refractivity contribution >= 4 is 11.6 Å². The first-order valence-electron chi connectivity index (χ1n) is 8.23. The van der Waals surface area contributed by atoms with Crippen molar-refractivity contribution in [1.29, 1.82) is 0 Å². The molecule has 2 aromatic carbocycles. The maximum atomic E-state index is 13.5. The first-order chi connectivity index (χ1) is 12.0. The molecular formula is C21H20ClFN2. The molecule has 0 saturated carbocycles. The minimum absolute atomic E-state index is 0.204. The van der Waals surface area contributed by atoms with Crippen LogP contribution in [0.1, 0.15) is 29.8 Å². The number of rotatable bonds is 5. The SMILES string of the molecule is Cc1cccc(C(C)NCc2cc(-c3cccc(F)c3)c(Cl)cn2)c1. The Morgan fingerprint density at radius 3 is 2.68 bits per heavy atom. The zero-order valence-corrected chi connectivity index (χ0v) is 15.0. The Labute approximate surface area is 152 Å². The molecule has 0 saturated heterocycles. The molecule has 0 aliphatic carbocycles. The molecule has 0 fully saturated rings. The van der Waals surface area contributed by atoms with Gasteiger partial charge >= 0.3 is 0 Å². The lowest BCUT2D eigenvalue weighted by atomic mass is 10.0. The normalized spacial score (nSPS) is 12.2. The van der Waals surface area contributed by atoms with Gasteiger partial charge in [-0.3, -0.25) is 4.98 Å². The fourth-order valence-corrected chi connectivity index (χ4v) is 2.98. The number of aryl methyl sites for hydroxylation is 1. The molecule has 0 aliphatic rings. The van der Waals surface area contributed by atoms with Gasteiger partial charge < -0.3 is 5.32 Å². The molecule has 0 aliphatic heterocycles. The van der Waals surface area contributed by atoms with E-state index in [1.54, 1.807) is 12.3 Å². The van der Waals surface area contributed by atoms with Gasteiger partial charge in [0, 0.05) is 24.3 Å². The van der Waals surface area contributed by atoms with E-state index in [-0.39, 0.29) is 11.9 Å². The molecular weight excluding hydrogens is 335 g/mol. The maximum absolute atomic E-state index is 13.5. The molecule has 0 amide bonds. The second kappa shape index (κ2) is 7.77. The van der Waals surface area contributed by atoms with Gasteiger partial charge in [-0.1, -0.05) is 53.6 Å². The Bertz CT molecular complexity index is 879. The fourth-order valence-electron chi connectivity index (χ4n) is 2.77. The van der Waals surface area contributed by atoms with Crippen molar-refractivity contribution in [1.82, 2.24) is 10.3 Å². The summed E-state index contributed by atoms with van der Waals surface area (Å²) in [5.74, 6) is -0.280. The molecule has 3 rings (SSSR count). The van der Waals surface area contributed by atoms with Crippen LogP contribution in [0.25, 0.3) is 11.1 Å². The number of nitrogens with zero attached hydrogens (tertiary/aromatic N) is 1. The molecule has 0 radical (unpaired) electrons. The van der Waals surface area contributed by atoms with E-state index >= 15 is 0 Å². The van der Waals surface area contributed by atoms with Crippen LogP contribution in [0.4, 0.5) is 4.39 Å². The van der Waals surface area contributed by atoms with Crippen LogP contribution in [0.15, 0.2) is 60.8 Å². The van der Waals surface area contributed by atoms with Gasteiger partial charge in [0.05, 0.1) is 10.7 Å². The summed E-state index contributed by atoms with van der Waals surface area (Å²) in [4.78, 5) is 4.38. The summed E-state index contributed by atoms with van der Waals surface area (Å²) >= 11 is 6.25. The van der Waals surface area contributed by atoms with Crippen LogP contribution in [0, 0.1) is 12.7 Å². The number of hydrogen-bond donors (Lipinski definition) is 1. The van der Waals surface area contributed by atoms with Crippen LogP contribution in [0.2, 0.25) is 5.02 Å². The second-order valence-electron chi connectivity index (χ2n) is 6.18. The first-order valence-corrected chi connectivity index (χ1v) is 8.61. The summed E-state index contributed by atoms with van der Waals surface area (Å²) in [5, 5.41) is 3.99. The highest BCUT2D eigenvalue weighted by Gasteiger charge is 2.09. The number of halogens is 2. The van der Waals surface area contributed by atoms with Crippen molar-refractivity contribution in [2.45, 2.75) is 26.4 Å². The van der Waals surface area contributed by atoms with E-state index < -0.39 is 0 Å². The van der Waals surface area contributed by atoms with Gasteiger partial charge in [-0.25, -0.2) is 4.39 Å². The summed E-state index contributed by atoms with van der Waals surface area (Å²) in [6, 6.07) is 17.0. The van der Waals surface area contributed by atoms with Crippen LogP contribution in [-0.2, 0) is 6.54 Å². The zero-order valence-electron chi connectivity index (χ0n) is 14.3. The van der Waals surface area contributed by atoms with Crippen LogP contribution >= 0.6 is 11.6 Å². The molecule has 0 bridgehead atoms. The van der Waals surface area contributed by atoms with E-state index in [1.807, 2.05) is 12.1 Å². The summed E-state index contributed by atoms with van der Waals surface area (Å²) in [5.41, 5.74) is 4.88. The third-order valence-corrected chi connectivity index (χ3v) is 4.48. The van der Waals surface area contributed by atoms with E-state index in [0.717, 1.165) is 16.8 Å². The van der Waals surface area contributed by atoms with Crippen LogP contribution in [0.3, 0.4) is 0 Å². The van der Waals surface area contributed by atoms with Crippen LogP contribution in [0.5, 0.6) is 0 Å². The number of nitrogens with one attached hydrogen (secondary N) is 1. The van der Waals surface area contributed by atoms with Crippen LogP contribution in [-0.4, -0.2) is 4.98 Å². The first kappa shape index (κ1) is 17.6. The van der Waals surface area contributed by atoms with Gasteiger partial charge in [0.1, 0.15) is 5.82 Å². The predicted octanol–water partition coefficient (Wildman–Crippen LogP) is 5.70. The monoisotopic (exact) mass is 354 g/mol. The minimum atomic E-state index is -0.280. The Kier molecular flexibility index (Phi) is 5.47. The molecule has 128 valence electrons. The lowest BCUT2D eigenvalue weighted by molar-refractivity contribution is 0.567. The van der Waals surface area contributed by atoms with E-state index in [2.05, 4.69) is 48.4 Å². The van der Waals surface area contributed by atoms with Gasteiger partial charge in [0.2, 0.25) is 0 Å². The third kappa shape index (κ3) is 4.44. The standard InChI is InChI=1S/C21H20ClFN2/c1-14-5-3-6-16(9-14)15(2)24-12-19-11-20(21(22)13-25-19)17-7-4-8-18(23)10-17/h3-11,13,15,24H,12H2,1-2H3. The van der Waals surface area contributed by atoms with Gasteiger partial charge in [0.15, 0.2) is 0 Å². The lowest BCUT2D eigenvalue weighted by Crippen LogP contribution is -2.18. The number of pyridine rings is 1. The number of benzene rings is 2. The Hall–Kier alpha value is -2.23. The van der Waals surface area contributed by atoms with Gasteiger partial charge in [-0.2, -0.15) is 0 Å². The van der Waals surface area contributed by atoms with E-state index in [9.17, 15) is 4.39 Å². The third-order valence-electron chi connectivity index (χ3n) is 4.18. The second-order valence-corrected chi connectivity index (χ2v) is 6.59. The topological polar surface area (TPSA) is 24.9 Å². The highest BCUT2D eigenvalue weighted by atomic mass is 35.5. The van der Waals surface area contributed by atoms with E-state index in [4.69, 9.17) is 11.6 Å². The molecule has 1 atom stereocenters. The van der Waals surface area contributed by atoms with Crippen molar-refractivity contribution in [3.05, 3.63) is 88.5 Å². The largest absolute Gasteiger partial charge is 0.305 e. The van der Waals surface area contributed by atoms with Gasteiger partial charge in [-0.05, 0) is 43.2 Å². The summed E-state index contributed by atoms with van der Waals surface area (Å²) in [6.07, 6.45) is 1.62. The van der Waals surface area contributed by atoms with E-state index in [1.165, 1.54) is 23.3 Å². The minimum Gasteiger partial charge on any atom is -0.305 e. The zero-order chi connectivity index (χ0) is 17.8. The molecule has 3 aromatic rings. The predicted molar refractivity (Wildman–Crippen MR) is 101 cm³/mol. The van der Waals surface area contributed by atoms with Gasteiger partial charge in [0.25, 0.3) is 0 Å². The van der Waals surface area contributed by atoms with Crippen molar-refractivity contribution < 1.29 is 4.39 Å². The van der Waals surface area contributed by atoms with Crippen LogP contribution < -0.4 is 5.32 Å². The molecule has 0 spiro atoms. The highest BCUT2D eigenvalue weighted by Crippen LogP contribution is 2.28. The molecule has 2 nitrogen and oxygen atoms in total. The average Bonchev–Trinajstić information content (AvgIpc) is 2.60. The van der Waals surface area contributed by atoms with E-state index in [0.29, 0.717) is 11.6 Å².